The summed E-state index contributed by atoms with van der Waals surface area (Å²) in [5, 5.41) is 6.23. The van der Waals surface area contributed by atoms with Gasteiger partial charge in [-0.2, -0.15) is 0 Å². The van der Waals surface area contributed by atoms with Gasteiger partial charge in [0, 0.05) is 28.9 Å². The van der Waals surface area contributed by atoms with Gasteiger partial charge in [-0.1, -0.05) is 29.0 Å². The van der Waals surface area contributed by atoms with Crippen molar-refractivity contribution >= 4 is 71.5 Å². The topological polar surface area (TPSA) is 117 Å². The maximum atomic E-state index is 12.7. The summed E-state index contributed by atoms with van der Waals surface area (Å²) >= 11 is 7.07. The summed E-state index contributed by atoms with van der Waals surface area (Å²) in [5.41, 5.74) is 1.80. The number of benzene rings is 3. The molecule has 0 bridgehead atoms. The van der Waals surface area contributed by atoms with Gasteiger partial charge in [-0.05, 0) is 60.7 Å². The third kappa shape index (κ3) is 5.48. The fourth-order valence-electron chi connectivity index (χ4n) is 2.98. The van der Waals surface area contributed by atoms with Crippen molar-refractivity contribution in [1.82, 2.24) is 4.98 Å². The first-order valence-corrected chi connectivity index (χ1v) is 12.3. The second kappa shape index (κ2) is 9.18. The van der Waals surface area contributed by atoms with E-state index in [1.165, 1.54) is 48.6 Å². The molecule has 0 atom stereocenters. The smallest absolute Gasteiger partial charge is 0.261 e. The first-order chi connectivity index (χ1) is 15.7. The Morgan fingerprint density at radius 1 is 0.939 bits per heavy atom. The minimum atomic E-state index is -3.84. The van der Waals surface area contributed by atoms with Crippen LogP contribution in [0, 0.1) is 0 Å². The Morgan fingerprint density at radius 2 is 1.70 bits per heavy atom. The van der Waals surface area contributed by atoms with E-state index in [0.717, 1.165) is 4.70 Å². The molecule has 3 aromatic carbocycles. The monoisotopic (exact) mass is 500 g/mol. The lowest BCUT2D eigenvalue weighted by atomic mass is 10.2. The molecule has 1 heterocycles. The molecule has 168 valence electrons. The van der Waals surface area contributed by atoms with E-state index in [2.05, 4.69) is 20.3 Å². The lowest BCUT2D eigenvalue weighted by Gasteiger charge is -2.09. The van der Waals surface area contributed by atoms with Crippen molar-refractivity contribution in [1.29, 1.82) is 0 Å². The number of hydrogen-bond acceptors (Lipinski definition) is 6. The van der Waals surface area contributed by atoms with Crippen molar-refractivity contribution < 1.29 is 18.0 Å². The molecule has 1 aromatic heterocycles. The van der Waals surface area contributed by atoms with Crippen LogP contribution in [0.2, 0.25) is 5.02 Å². The van der Waals surface area contributed by atoms with Gasteiger partial charge in [-0.15, -0.1) is 0 Å². The minimum absolute atomic E-state index is 0.0508. The zero-order valence-corrected chi connectivity index (χ0v) is 19.5. The predicted molar refractivity (Wildman–Crippen MR) is 131 cm³/mol. The van der Waals surface area contributed by atoms with Crippen LogP contribution in [-0.4, -0.2) is 25.2 Å². The van der Waals surface area contributed by atoms with Crippen molar-refractivity contribution in [3.63, 3.8) is 0 Å². The average molecular weight is 501 g/mol. The summed E-state index contributed by atoms with van der Waals surface area (Å²) < 4.78 is 28.4. The van der Waals surface area contributed by atoms with Crippen molar-refractivity contribution in [2.24, 2.45) is 0 Å². The Morgan fingerprint density at radius 3 is 2.42 bits per heavy atom. The highest BCUT2D eigenvalue weighted by Crippen LogP contribution is 2.29. The number of carbonyl (C=O) groups is 2. The number of anilines is 3. The molecule has 0 unspecified atom stereocenters. The van der Waals surface area contributed by atoms with Crippen LogP contribution in [0.3, 0.4) is 0 Å². The molecule has 3 N–H and O–H groups in total. The highest BCUT2D eigenvalue weighted by molar-refractivity contribution is 7.92. The van der Waals surface area contributed by atoms with Crippen LogP contribution in [0.1, 0.15) is 17.3 Å². The molecule has 0 radical (unpaired) electrons. The molecular formula is C22H17ClN4O4S2. The lowest BCUT2D eigenvalue weighted by Crippen LogP contribution is -2.15. The van der Waals surface area contributed by atoms with Crippen molar-refractivity contribution in [3.8, 4) is 0 Å². The van der Waals surface area contributed by atoms with Crippen LogP contribution in [0.4, 0.5) is 16.5 Å². The van der Waals surface area contributed by atoms with Gasteiger partial charge in [0.25, 0.3) is 15.9 Å². The van der Waals surface area contributed by atoms with E-state index >= 15 is 0 Å². The summed E-state index contributed by atoms with van der Waals surface area (Å²) in [6, 6.07) is 17.1. The van der Waals surface area contributed by atoms with E-state index in [4.69, 9.17) is 11.6 Å². The predicted octanol–water partition coefficient (Wildman–Crippen LogP) is 4.96. The standard InChI is InChI=1S/C22H17ClN4O4S2/c1-13(28)24-16-7-10-19-20(12-16)32-22(25-19)26-21(29)14-3-2-4-17(11-14)27-33(30,31)18-8-5-15(23)6-9-18/h2-12,27H,1H3,(H,24,28)(H,25,26,29). The Balaban J connectivity index is 1.50. The number of nitrogens with one attached hydrogen (secondary N) is 3. The Hall–Kier alpha value is -3.47. The molecule has 0 aliphatic rings. The molecule has 0 aliphatic carbocycles. The third-order valence-electron chi connectivity index (χ3n) is 4.43. The fraction of sp³-hybridized carbons (Fsp3) is 0.0455. The summed E-state index contributed by atoms with van der Waals surface area (Å²) in [4.78, 5) is 28.4. The second-order valence-electron chi connectivity index (χ2n) is 6.98. The van der Waals surface area contributed by atoms with Crippen LogP contribution in [0.5, 0.6) is 0 Å². The molecule has 0 aliphatic heterocycles. The number of nitrogens with zero attached hydrogens (tertiary/aromatic N) is 1. The zero-order valence-electron chi connectivity index (χ0n) is 17.1. The number of rotatable bonds is 6. The van der Waals surface area contributed by atoms with Crippen molar-refractivity contribution in [3.05, 3.63) is 77.3 Å². The summed E-state index contributed by atoms with van der Waals surface area (Å²) in [5.74, 6) is -0.623. The number of amides is 2. The fourth-order valence-corrected chi connectivity index (χ4v) is 5.06. The van der Waals surface area contributed by atoms with E-state index in [-0.39, 0.29) is 22.1 Å². The second-order valence-corrected chi connectivity index (χ2v) is 10.1. The Labute approximate surface area is 198 Å². The zero-order chi connectivity index (χ0) is 23.6. The Kier molecular flexibility index (Phi) is 6.32. The molecular weight excluding hydrogens is 484 g/mol. The third-order valence-corrected chi connectivity index (χ3v) is 7.01. The number of sulfonamides is 1. The van der Waals surface area contributed by atoms with Gasteiger partial charge in [0.05, 0.1) is 15.1 Å². The molecule has 8 nitrogen and oxygen atoms in total. The van der Waals surface area contributed by atoms with Gasteiger partial charge in [0.2, 0.25) is 5.91 Å². The van der Waals surface area contributed by atoms with Gasteiger partial charge in [-0.3, -0.25) is 19.6 Å². The van der Waals surface area contributed by atoms with E-state index in [1.807, 2.05) is 0 Å². The molecule has 4 rings (SSSR count). The molecule has 0 saturated heterocycles. The van der Waals surface area contributed by atoms with Gasteiger partial charge in [0.15, 0.2) is 5.13 Å². The van der Waals surface area contributed by atoms with E-state index < -0.39 is 15.9 Å². The maximum Gasteiger partial charge on any atom is 0.261 e. The number of halogens is 1. The Bertz CT molecular complexity index is 1470. The van der Waals surface area contributed by atoms with Crippen LogP contribution < -0.4 is 15.4 Å². The van der Waals surface area contributed by atoms with E-state index in [9.17, 15) is 18.0 Å². The van der Waals surface area contributed by atoms with Crippen LogP contribution in [0.15, 0.2) is 71.6 Å². The minimum Gasteiger partial charge on any atom is -0.326 e. The first-order valence-electron chi connectivity index (χ1n) is 9.58. The van der Waals surface area contributed by atoms with Gasteiger partial charge in [0.1, 0.15) is 0 Å². The van der Waals surface area contributed by atoms with Crippen molar-refractivity contribution in [2.45, 2.75) is 11.8 Å². The normalized spacial score (nSPS) is 11.2. The molecule has 33 heavy (non-hydrogen) atoms. The summed E-state index contributed by atoms with van der Waals surface area (Å²) in [6.45, 7) is 1.42. The highest BCUT2D eigenvalue weighted by Gasteiger charge is 2.16. The number of thiazole rings is 1. The largest absolute Gasteiger partial charge is 0.326 e. The highest BCUT2D eigenvalue weighted by atomic mass is 35.5. The van der Waals surface area contributed by atoms with Crippen LogP contribution >= 0.6 is 22.9 Å². The average Bonchev–Trinajstić information content (AvgIpc) is 3.15. The van der Waals surface area contributed by atoms with Gasteiger partial charge in [-0.25, -0.2) is 13.4 Å². The summed E-state index contributed by atoms with van der Waals surface area (Å²) in [7, 11) is -3.84. The number of hydrogen-bond donors (Lipinski definition) is 3. The first kappa shape index (κ1) is 22.7. The van der Waals surface area contributed by atoms with E-state index in [1.54, 1.807) is 36.4 Å². The molecule has 0 saturated carbocycles. The summed E-state index contributed by atoms with van der Waals surface area (Å²) in [6.07, 6.45) is 0. The van der Waals surface area contributed by atoms with Crippen LogP contribution in [0.25, 0.3) is 10.2 Å². The maximum absolute atomic E-state index is 12.7. The molecule has 4 aromatic rings. The quantitative estimate of drug-likeness (QED) is 0.346. The number of aromatic nitrogens is 1. The lowest BCUT2D eigenvalue weighted by molar-refractivity contribution is -0.114. The molecule has 2 amide bonds. The SMILES string of the molecule is CC(=O)Nc1ccc2nc(NC(=O)c3cccc(NS(=O)(=O)c4ccc(Cl)cc4)c3)sc2c1. The molecule has 11 heteroatoms. The van der Waals surface area contributed by atoms with E-state index in [0.29, 0.717) is 21.4 Å². The van der Waals surface area contributed by atoms with Crippen molar-refractivity contribution in [2.75, 3.05) is 15.4 Å². The molecule has 0 fully saturated rings. The van der Waals surface area contributed by atoms with Gasteiger partial charge >= 0.3 is 0 Å². The number of fused-ring (bicyclic) bond motifs is 1. The van der Waals surface area contributed by atoms with Crippen LogP contribution in [-0.2, 0) is 14.8 Å². The molecule has 0 spiro atoms. The van der Waals surface area contributed by atoms with Gasteiger partial charge < -0.3 is 5.32 Å². The number of carbonyl (C=O) groups excluding carboxylic acids is 2.